The average Bonchev–Trinajstić information content (AvgIpc) is 2.35. The second-order valence-corrected chi connectivity index (χ2v) is 6.82. The van der Waals surface area contributed by atoms with E-state index in [1.54, 1.807) is 42.1 Å². The number of hydrogen-bond donors (Lipinski definition) is 1. The van der Waals surface area contributed by atoms with E-state index in [0.29, 0.717) is 23.4 Å². The molecule has 0 spiro atoms. The SMILES string of the molecule is CSCCC(=N)CCS(=O)(=O)c1ccccc1. The molecule has 0 aliphatic rings. The van der Waals surface area contributed by atoms with Crippen LogP contribution in [0.25, 0.3) is 0 Å². The Morgan fingerprint density at radius 2 is 1.88 bits per heavy atom. The maximum absolute atomic E-state index is 11.9. The summed E-state index contributed by atoms with van der Waals surface area (Å²) in [4.78, 5) is 0.345. The molecule has 5 heteroatoms. The van der Waals surface area contributed by atoms with Gasteiger partial charge in [-0.15, -0.1) is 0 Å². The topological polar surface area (TPSA) is 58.0 Å². The van der Waals surface area contributed by atoms with Gasteiger partial charge in [-0.05, 0) is 37.0 Å². The number of nitrogens with one attached hydrogen (secondary N) is 1. The fourth-order valence-corrected chi connectivity index (χ4v) is 3.13. The summed E-state index contributed by atoms with van der Waals surface area (Å²) in [6.07, 6.45) is 2.98. The molecule has 0 saturated heterocycles. The molecular weight excluding hydrogens is 254 g/mol. The fourth-order valence-electron chi connectivity index (χ4n) is 1.35. The molecule has 0 radical (unpaired) electrons. The van der Waals surface area contributed by atoms with Crippen LogP contribution in [0.2, 0.25) is 0 Å². The van der Waals surface area contributed by atoms with Crippen LogP contribution in [-0.2, 0) is 9.84 Å². The molecule has 94 valence electrons. The second-order valence-electron chi connectivity index (χ2n) is 3.73. The highest BCUT2D eigenvalue weighted by atomic mass is 32.2. The average molecular weight is 271 g/mol. The van der Waals surface area contributed by atoms with E-state index in [1.165, 1.54) is 0 Å². The van der Waals surface area contributed by atoms with Crippen LogP contribution >= 0.6 is 11.8 Å². The number of thioether (sulfide) groups is 1. The molecule has 0 aliphatic heterocycles. The van der Waals surface area contributed by atoms with Crippen LogP contribution in [0, 0.1) is 5.41 Å². The van der Waals surface area contributed by atoms with Crippen LogP contribution in [0.1, 0.15) is 12.8 Å². The normalized spacial score (nSPS) is 11.4. The first-order valence-corrected chi connectivity index (χ1v) is 8.44. The van der Waals surface area contributed by atoms with Crippen molar-refractivity contribution in [3.63, 3.8) is 0 Å². The number of benzene rings is 1. The number of rotatable bonds is 7. The van der Waals surface area contributed by atoms with Crippen molar-refractivity contribution < 1.29 is 8.42 Å². The van der Waals surface area contributed by atoms with Crippen molar-refractivity contribution in [3.8, 4) is 0 Å². The summed E-state index contributed by atoms with van der Waals surface area (Å²) in [5.74, 6) is 0.911. The summed E-state index contributed by atoms with van der Waals surface area (Å²) in [6.45, 7) is 0. The van der Waals surface area contributed by atoms with Gasteiger partial charge in [0.25, 0.3) is 0 Å². The lowest BCUT2D eigenvalue weighted by Gasteiger charge is -2.05. The zero-order chi connectivity index (χ0) is 12.7. The lowest BCUT2D eigenvalue weighted by atomic mass is 10.2. The molecule has 0 bridgehead atoms. The van der Waals surface area contributed by atoms with Crippen LogP contribution in [0.15, 0.2) is 35.2 Å². The van der Waals surface area contributed by atoms with Gasteiger partial charge in [-0.1, -0.05) is 18.2 Å². The third-order valence-corrected chi connectivity index (χ3v) is 4.73. The minimum absolute atomic E-state index is 0.0320. The Morgan fingerprint density at radius 3 is 2.47 bits per heavy atom. The number of hydrogen-bond acceptors (Lipinski definition) is 4. The van der Waals surface area contributed by atoms with E-state index in [-0.39, 0.29) is 5.75 Å². The summed E-state index contributed by atoms with van der Waals surface area (Å²) in [6, 6.07) is 8.42. The molecule has 0 atom stereocenters. The quantitative estimate of drug-likeness (QED) is 0.776. The molecule has 0 amide bonds. The van der Waals surface area contributed by atoms with E-state index in [2.05, 4.69) is 0 Å². The lowest BCUT2D eigenvalue weighted by Crippen LogP contribution is -2.11. The highest BCUT2D eigenvalue weighted by molar-refractivity contribution is 7.98. The Kier molecular flexibility index (Phi) is 5.71. The summed E-state index contributed by atoms with van der Waals surface area (Å²) in [7, 11) is -3.23. The van der Waals surface area contributed by atoms with E-state index >= 15 is 0 Å². The Balaban J connectivity index is 2.54. The van der Waals surface area contributed by atoms with Crippen molar-refractivity contribution in [2.24, 2.45) is 0 Å². The maximum atomic E-state index is 11.9. The zero-order valence-electron chi connectivity index (χ0n) is 9.85. The van der Waals surface area contributed by atoms with E-state index in [9.17, 15) is 8.42 Å². The minimum Gasteiger partial charge on any atom is -0.310 e. The largest absolute Gasteiger partial charge is 0.310 e. The Hall–Kier alpha value is -0.810. The molecule has 0 saturated carbocycles. The van der Waals surface area contributed by atoms with E-state index in [1.807, 2.05) is 6.26 Å². The first kappa shape index (κ1) is 14.3. The third kappa shape index (κ3) is 4.91. The molecule has 1 aromatic rings. The van der Waals surface area contributed by atoms with Crippen molar-refractivity contribution in [2.45, 2.75) is 17.7 Å². The van der Waals surface area contributed by atoms with Gasteiger partial charge < -0.3 is 5.41 Å². The Labute approximate surface area is 107 Å². The van der Waals surface area contributed by atoms with Crippen molar-refractivity contribution in [2.75, 3.05) is 17.8 Å². The van der Waals surface area contributed by atoms with Crippen LogP contribution in [-0.4, -0.2) is 31.9 Å². The van der Waals surface area contributed by atoms with E-state index in [0.717, 1.165) is 5.75 Å². The first-order valence-electron chi connectivity index (χ1n) is 5.39. The van der Waals surface area contributed by atoms with Gasteiger partial charge in [0.2, 0.25) is 0 Å². The van der Waals surface area contributed by atoms with E-state index < -0.39 is 9.84 Å². The van der Waals surface area contributed by atoms with Gasteiger partial charge in [0.05, 0.1) is 10.6 Å². The maximum Gasteiger partial charge on any atom is 0.178 e. The van der Waals surface area contributed by atoms with Gasteiger partial charge in [0, 0.05) is 5.71 Å². The van der Waals surface area contributed by atoms with Gasteiger partial charge in [-0.2, -0.15) is 11.8 Å². The molecule has 0 aliphatic carbocycles. The number of sulfone groups is 1. The minimum atomic E-state index is -3.23. The summed E-state index contributed by atoms with van der Waals surface area (Å²) < 4.78 is 23.8. The van der Waals surface area contributed by atoms with Gasteiger partial charge in [-0.25, -0.2) is 8.42 Å². The molecule has 3 nitrogen and oxygen atoms in total. The van der Waals surface area contributed by atoms with E-state index in [4.69, 9.17) is 5.41 Å². The predicted molar refractivity (Wildman–Crippen MR) is 73.8 cm³/mol. The summed E-state index contributed by atoms with van der Waals surface area (Å²) >= 11 is 1.67. The molecule has 1 aromatic carbocycles. The van der Waals surface area contributed by atoms with Gasteiger partial charge >= 0.3 is 0 Å². The van der Waals surface area contributed by atoms with Crippen molar-refractivity contribution >= 4 is 27.3 Å². The smallest absolute Gasteiger partial charge is 0.178 e. The molecule has 0 fully saturated rings. The van der Waals surface area contributed by atoms with Gasteiger partial charge in [0.15, 0.2) is 9.84 Å². The Morgan fingerprint density at radius 1 is 1.24 bits per heavy atom. The third-order valence-electron chi connectivity index (χ3n) is 2.38. The molecule has 1 N–H and O–H groups in total. The highest BCUT2D eigenvalue weighted by Crippen LogP contribution is 2.12. The molecular formula is C12H17NO2S2. The van der Waals surface area contributed by atoms with Crippen molar-refractivity contribution in [1.29, 1.82) is 5.41 Å². The molecule has 0 unspecified atom stereocenters. The lowest BCUT2D eigenvalue weighted by molar-refractivity contribution is 0.596. The monoisotopic (exact) mass is 271 g/mol. The summed E-state index contributed by atoms with van der Waals surface area (Å²) in [5, 5.41) is 7.66. The van der Waals surface area contributed by atoms with Crippen LogP contribution in [0.3, 0.4) is 0 Å². The highest BCUT2D eigenvalue weighted by Gasteiger charge is 2.14. The van der Waals surface area contributed by atoms with Gasteiger partial charge in [0.1, 0.15) is 0 Å². The van der Waals surface area contributed by atoms with Crippen LogP contribution in [0.5, 0.6) is 0 Å². The standard InChI is InChI=1S/C12H17NO2S2/c1-16-9-7-11(13)8-10-17(14,15)12-5-3-2-4-6-12/h2-6,13H,7-10H2,1H3. The molecule has 0 heterocycles. The van der Waals surface area contributed by atoms with Crippen molar-refractivity contribution in [1.82, 2.24) is 0 Å². The fraction of sp³-hybridized carbons (Fsp3) is 0.417. The van der Waals surface area contributed by atoms with Crippen molar-refractivity contribution in [3.05, 3.63) is 30.3 Å². The van der Waals surface area contributed by atoms with Crippen LogP contribution < -0.4 is 0 Å². The first-order chi connectivity index (χ1) is 8.06. The molecule has 0 aromatic heterocycles. The zero-order valence-corrected chi connectivity index (χ0v) is 11.5. The molecule has 17 heavy (non-hydrogen) atoms. The molecule has 1 rings (SSSR count). The second kappa shape index (κ2) is 6.81. The van der Waals surface area contributed by atoms with Gasteiger partial charge in [-0.3, -0.25) is 0 Å². The summed E-state index contributed by atoms with van der Waals surface area (Å²) in [5.41, 5.74) is 0.513. The van der Waals surface area contributed by atoms with Crippen LogP contribution in [0.4, 0.5) is 0 Å². The Bertz CT molecular complexity index is 455. The predicted octanol–water partition coefficient (Wildman–Crippen LogP) is 2.62.